The highest BCUT2D eigenvalue weighted by molar-refractivity contribution is 6.30. The van der Waals surface area contributed by atoms with Crippen LogP contribution in [0.25, 0.3) is 0 Å². The number of hydrogen-bond donors (Lipinski definition) is 1. The average molecular weight is 242 g/mol. The average Bonchev–Trinajstić information content (AvgIpc) is 2.24. The van der Waals surface area contributed by atoms with Crippen LogP contribution in [0.1, 0.15) is 25.3 Å². The van der Waals surface area contributed by atoms with Gasteiger partial charge in [-0.15, -0.1) is 0 Å². The molecule has 0 spiro atoms. The van der Waals surface area contributed by atoms with Gasteiger partial charge in [-0.05, 0) is 17.7 Å². The number of halogens is 1. The lowest BCUT2D eigenvalue weighted by Gasteiger charge is -2.19. The van der Waals surface area contributed by atoms with Crippen molar-refractivity contribution in [3.8, 4) is 0 Å². The number of hydrogen-bond acceptors (Lipinski definition) is 2. The van der Waals surface area contributed by atoms with Gasteiger partial charge >= 0.3 is 0 Å². The van der Waals surface area contributed by atoms with E-state index >= 15 is 0 Å². The van der Waals surface area contributed by atoms with Gasteiger partial charge in [-0.3, -0.25) is 0 Å². The molecular weight excluding hydrogens is 222 g/mol. The summed E-state index contributed by atoms with van der Waals surface area (Å²) in [7, 11) is 1.73. The van der Waals surface area contributed by atoms with Crippen LogP contribution in [0.15, 0.2) is 24.3 Å². The van der Waals surface area contributed by atoms with E-state index in [0.717, 1.165) is 11.6 Å². The Balaban J connectivity index is 2.68. The van der Waals surface area contributed by atoms with E-state index in [9.17, 15) is 0 Å². The van der Waals surface area contributed by atoms with Crippen molar-refractivity contribution in [1.29, 1.82) is 0 Å². The van der Waals surface area contributed by atoms with Crippen molar-refractivity contribution < 1.29 is 4.74 Å². The van der Waals surface area contributed by atoms with Gasteiger partial charge in [0.05, 0.1) is 6.61 Å². The first kappa shape index (κ1) is 13.5. The predicted octanol–water partition coefficient (Wildman–Crippen LogP) is 3.07. The zero-order chi connectivity index (χ0) is 12.0. The Morgan fingerprint density at radius 1 is 1.38 bits per heavy atom. The second-order valence-electron chi connectivity index (χ2n) is 4.27. The molecule has 0 saturated heterocycles. The van der Waals surface area contributed by atoms with Crippen LogP contribution in [0.3, 0.4) is 0 Å². The molecule has 1 unspecified atom stereocenters. The molecule has 1 rings (SSSR count). The number of methoxy groups -OCH3 is 1. The molecule has 0 fully saturated rings. The SMILES string of the molecule is COCC(CNC(C)C)c1cccc(Cl)c1. The van der Waals surface area contributed by atoms with Gasteiger partial charge in [-0.2, -0.15) is 0 Å². The molecule has 0 aliphatic rings. The van der Waals surface area contributed by atoms with Crippen molar-refractivity contribution in [2.24, 2.45) is 0 Å². The third-order valence-corrected chi connectivity index (χ3v) is 2.70. The molecule has 1 aromatic rings. The monoisotopic (exact) mass is 241 g/mol. The molecular formula is C13H20ClNO. The zero-order valence-electron chi connectivity index (χ0n) is 10.2. The van der Waals surface area contributed by atoms with Crippen molar-refractivity contribution in [3.63, 3.8) is 0 Å². The first-order valence-electron chi connectivity index (χ1n) is 5.61. The van der Waals surface area contributed by atoms with Crippen molar-refractivity contribution in [2.75, 3.05) is 20.3 Å². The molecule has 1 aromatic carbocycles. The summed E-state index contributed by atoms with van der Waals surface area (Å²) in [6.07, 6.45) is 0. The van der Waals surface area contributed by atoms with E-state index in [0.29, 0.717) is 18.6 Å². The summed E-state index contributed by atoms with van der Waals surface area (Å²) in [5.41, 5.74) is 1.22. The summed E-state index contributed by atoms with van der Waals surface area (Å²) in [4.78, 5) is 0. The molecule has 16 heavy (non-hydrogen) atoms. The second-order valence-corrected chi connectivity index (χ2v) is 4.71. The van der Waals surface area contributed by atoms with Crippen molar-refractivity contribution in [3.05, 3.63) is 34.9 Å². The van der Waals surface area contributed by atoms with Crippen LogP contribution < -0.4 is 5.32 Å². The molecule has 1 N–H and O–H groups in total. The Labute approximate surface area is 103 Å². The minimum atomic E-state index is 0.353. The summed E-state index contributed by atoms with van der Waals surface area (Å²) < 4.78 is 5.25. The third-order valence-electron chi connectivity index (χ3n) is 2.46. The molecule has 0 aliphatic heterocycles. The fourth-order valence-corrected chi connectivity index (χ4v) is 1.81. The van der Waals surface area contributed by atoms with Crippen LogP contribution in [-0.2, 0) is 4.74 Å². The molecule has 0 bridgehead atoms. The number of rotatable bonds is 6. The van der Waals surface area contributed by atoms with E-state index in [2.05, 4.69) is 25.2 Å². The highest BCUT2D eigenvalue weighted by Gasteiger charge is 2.11. The standard InChI is InChI=1S/C13H20ClNO/c1-10(2)15-8-12(9-16-3)11-5-4-6-13(14)7-11/h4-7,10,12,15H,8-9H2,1-3H3. The maximum absolute atomic E-state index is 5.99. The van der Waals surface area contributed by atoms with E-state index in [4.69, 9.17) is 16.3 Å². The highest BCUT2D eigenvalue weighted by atomic mass is 35.5. The van der Waals surface area contributed by atoms with Gasteiger partial charge in [0, 0.05) is 30.6 Å². The van der Waals surface area contributed by atoms with Gasteiger partial charge < -0.3 is 10.1 Å². The minimum absolute atomic E-state index is 0.353. The Kier molecular flexibility index (Phi) is 5.81. The summed E-state index contributed by atoms with van der Waals surface area (Å²) in [6.45, 7) is 5.90. The normalized spacial score (nSPS) is 13.1. The van der Waals surface area contributed by atoms with Gasteiger partial charge in [0.15, 0.2) is 0 Å². The van der Waals surface area contributed by atoms with E-state index in [1.54, 1.807) is 7.11 Å². The van der Waals surface area contributed by atoms with E-state index in [1.807, 2.05) is 18.2 Å². The Bertz CT molecular complexity index is 315. The van der Waals surface area contributed by atoms with Crippen molar-refractivity contribution in [1.82, 2.24) is 5.32 Å². The molecule has 0 heterocycles. The maximum atomic E-state index is 5.99. The quantitative estimate of drug-likeness (QED) is 0.827. The van der Waals surface area contributed by atoms with Gasteiger partial charge in [-0.25, -0.2) is 0 Å². The Morgan fingerprint density at radius 2 is 2.12 bits per heavy atom. The van der Waals surface area contributed by atoms with Crippen LogP contribution in [0.4, 0.5) is 0 Å². The maximum Gasteiger partial charge on any atom is 0.0543 e. The third kappa shape index (κ3) is 4.52. The molecule has 90 valence electrons. The summed E-state index contributed by atoms with van der Waals surface area (Å²) in [5.74, 6) is 0.353. The smallest absolute Gasteiger partial charge is 0.0543 e. The molecule has 0 aliphatic carbocycles. The molecule has 0 amide bonds. The summed E-state index contributed by atoms with van der Waals surface area (Å²) in [5, 5.41) is 4.21. The molecule has 0 saturated carbocycles. The van der Waals surface area contributed by atoms with E-state index in [-0.39, 0.29) is 0 Å². The van der Waals surface area contributed by atoms with Crippen molar-refractivity contribution in [2.45, 2.75) is 25.8 Å². The fourth-order valence-electron chi connectivity index (χ4n) is 1.61. The van der Waals surface area contributed by atoms with Crippen LogP contribution in [0, 0.1) is 0 Å². The molecule has 1 atom stereocenters. The lowest BCUT2D eigenvalue weighted by Crippen LogP contribution is -2.29. The van der Waals surface area contributed by atoms with Crippen LogP contribution in [-0.4, -0.2) is 26.3 Å². The van der Waals surface area contributed by atoms with Gasteiger partial charge in [-0.1, -0.05) is 37.6 Å². The first-order valence-corrected chi connectivity index (χ1v) is 5.99. The Morgan fingerprint density at radius 3 is 2.69 bits per heavy atom. The van der Waals surface area contributed by atoms with Crippen molar-refractivity contribution >= 4 is 11.6 Å². The second kappa shape index (κ2) is 6.89. The lowest BCUT2D eigenvalue weighted by molar-refractivity contribution is 0.177. The van der Waals surface area contributed by atoms with Gasteiger partial charge in [0.2, 0.25) is 0 Å². The van der Waals surface area contributed by atoms with E-state index in [1.165, 1.54) is 5.56 Å². The topological polar surface area (TPSA) is 21.3 Å². The highest BCUT2D eigenvalue weighted by Crippen LogP contribution is 2.19. The lowest BCUT2D eigenvalue weighted by atomic mass is 10.00. The van der Waals surface area contributed by atoms with E-state index < -0.39 is 0 Å². The number of nitrogens with one attached hydrogen (secondary N) is 1. The minimum Gasteiger partial charge on any atom is -0.384 e. The number of benzene rings is 1. The fraction of sp³-hybridized carbons (Fsp3) is 0.538. The number of ether oxygens (including phenoxy) is 1. The summed E-state index contributed by atoms with van der Waals surface area (Å²) >= 11 is 5.99. The van der Waals surface area contributed by atoms with Crippen LogP contribution >= 0.6 is 11.6 Å². The largest absolute Gasteiger partial charge is 0.384 e. The van der Waals surface area contributed by atoms with Gasteiger partial charge in [0.1, 0.15) is 0 Å². The zero-order valence-corrected chi connectivity index (χ0v) is 10.9. The van der Waals surface area contributed by atoms with Gasteiger partial charge in [0.25, 0.3) is 0 Å². The predicted molar refractivity (Wildman–Crippen MR) is 69.2 cm³/mol. The summed E-state index contributed by atoms with van der Waals surface area (Å²) in [6, 6.07) is 8.46. The molecule has 0 aromatic heterocycles. The van der Waals surface area contributed by atoms with Crippen LogP contribution in [0.5, 0.6) is 0 Å². The molecule has 3 heteroatoms. The first-order chi connectivity index (χ1) is 7.63. The molecule has 0 radical (unpaired) electrons. The Hall–Kier alpha value is -0.570. The molecule has 2 nitrogen and oxygen atoms in total. The van der Waals surface area contributed by atoms with Crippen LogP contribution in [0.2, 0.25) is 5.02 Å².